The van der Waals surface area contributed by atoms with Gasteiger partial charge in [-0.25, -0.2) is 0 Å². The van der Waals surface area contributed by atoms with Crippen LogP contribution in [0.15, 0.2) is 35.1 Å². The molecule has 30 heavy (non-hydrogen) atoms. The molecule has 8 heteroatoms. The molecule has 2 aliphatic rings. The van der Waals surface area contributed by atoms with Crippen molar-refractivity contribution in [3.05, 3.63) is 47.4 Å². The van der Waals surface area contributed by atoms with E-state index >= 15 is 0 Å². The third-order valence-electron chi connectivity index (χ3n) is 5.85. The Bertz CT molecular complexity index is 912. The number of amides is 2. The van der Waals surface area contributed by atoms with Gasteiger partial charge in [0.25, 0.3) is 0 Å². The maximum Gasteiger partial charge on any atom is 0.237 e. The summed E-state index contributed by atoms with van der Waals surface area (Å²) in [5.41, 5.74) is 3.21. The van der Waals surface area contributed by atoms with Gasteiger partial charge in [-0.05, 0) is 35.7 Å². The molecule has 0 radical (unpaired) electrons. The highest BCUT2D eigenvalue weighted by molar-refractivity contribution is 5.89. The Kier molecular flexibility index (Phi) is 5.94. The summed E-state index contributed by atoms with van der Waals surface area (Å²) in [6.07, 6.45) is 4.20. The zero-order valence-electron chi connectivity index (χ0n) is 17.3. The minimum atomic E-state index is -0.479. The van der Waals surface area contributed by atoms with Crippen LogP contribution in [0.4, 0.5) is 0 Å². The largest absolute Gasteiger partial charge is 0.493 e. The lowest BCUT2D eigenvalue weighted by Crippen LogP contribution is -2.56. The van der Waals surface area contributed by atoms with Gasteiger partial charge in [-0.3, -0.25) is 14.5 Å². The first-order chi connectivity index (χ1) is 14.6. The number of furan rings is 1. The first kappa shape index (κ1) is 20.3. The molecule has 1 aromatic carbocycles. The van der Waals surface area contributed by atoms with Crippen molar-refractivity contribution < 1.29 is 23.5 Å². The van der Waals surface area contributed by atoms with Crippen LogP contribution in [0.1, 0.15) is 23.1 Å². The molecular weight excluding hydrogens is 386 g/mol. The second kappa shape index (κ2) is 8.79. The van der Waals surface area contributed by atoms with E-state index in [1.165, 1.54) is 0 Å². The summed E-state index contributed by atoms with van der Waals surface area (Å²) in [4.78, 5) is 29.5. The average molecular weight is 413 g/mol. The smallest absolute Gasteiger partial charge is 0.237 e. The molecule has 3 heterocycles. The van der Waals surface area contributed by atoms with Crippen LogP contribution in [-0.2, 0) is 29.1 Å². The molecule has 1 atom stereocenters. The van der Waals surface area contributed by atoms with Gasteiger partial charge in [0.05, 0.1) is 39.2 Å². The van der Waals surface area contributed by atoms with Crippen molar-refractivity contribution in [3.8, 4) is 11.5 Å². The second-order valence-corrected chi connectivity index (χ2v) is 7.65. The Morgan fingerprint density at radius 3 is 2.67 bits per heavy atom. The van der Waals surface area contributed by atoms with Gasteiger partial charge >= 0.3 is 0 Å². The van der Waals surface area contributed by atoms with Gasteiger partial charge in [-0.1, -0.05) is 0 Å². The van der Waals surface area contributed by atoms with Crippen LogP contribution in [0.2, 0.25) is 0 Å². The monoisotopic (exact) mass is 413 g/mol. The molecular formula is C22H27N3O5. The molecule has 2 aliphatic heterocycles. The van der Waals surface area contributed by atoms with Gasteiger partial charge in [-0.2, -0.15) is 0 Å². The summed E-state index contributed by atoms with van der Waals surface area (Å²) in [5, 5.41) is 2.89. The number of fused-ring (bicyclic) bond motifs is 1. The average Bonchev–Trinajstić information content (AvgIpc) is 3.27. The van der Waals surface area contributed by atoms with Crippen LogP contribution < -0.4 is 14.8 Å². The maximum absolute atomic E-state index is 13.1. The van der Waals surface area contributed by atoms with Crippen molar-refractivity contribution in [3.63, 3.8) is 0 Å². The minimum absolute atomic E-state index is 0.0188. The predicted molar refractivity (Wildman–Crippen MR) is 109 cm³/mol. The van der Waals surface area contributed by atoms with Crippen molar-refractivity contribution in [1.82, 2.24) is 15.1 Å². The Morgan fingerprint density at radius 2 is 1.97 bits per heavy atom. The van der Waals surface area contributed by atoms with Crippen LogP contribution >= 0.6 is 0 Å². The van der Waals surface area contributed by atoms with E-state index < -0.39 is 6.04 Å². The van der Waals surface area contributed by atoms with Crippen molar-refractivity contribution in [2.75, 3.05) is 33.9 Å². The first-order valence-corrected chi connectivity index (χ1v) is 10.1. The first-order valence-electron chi connectivity index (χ1n) is 10.1. The predicted octanol–water partition coefficient (Wildman–Crippen LogP) is 1.57. The fourth-order valence-electron chi connectivity index (χ4n) is 4.18. The summed E-state index contributed by atoms with van der Waals surface area (Å²) in [5.74, 6) is 1.24. The summed E-state index contributed by atoms with van der Waals surface area (Å²) in [6.45, 7) is 3.00. The zero-order valence-corrected chi connectivity index (χ0v) is 17.3. The van der Waals surface area contributed by atoms with Gasteiger partial charge in [0.1, 0.15) is 0 Å². The summed E-state index contributed by atoms with van der Waals surface area (Å²) >= 11 is 0. The maximum atomic E-state index is 13.1. The van der Waals surface area contributed by atoms with E-state index in [1.54, 1.807) is 26.7 Å². The molecule has 1 N–H and O–H groups in total. The van der Waals surface area contributed by atoms with E-state index in [2.05, 4.69) is 5.32 Å². The lowest BCUT2D eigenvalue weighted by Gasteiger charge is -2.36. The van der Waals surface area contributed by atoms with E-state index in [-0.39, 0.29) is 18.2 Å². The molecule has 0 bridgehead atoms. The molecule has 1 fully saturated rings. The van der Waals surface area contributed by atoms with Crippen LogP contribution in [0, 0.1) is 0 Å². The number of rotatable bonds is 6. The van der Waals surface area contributed by atoms with Gasteiger partial charge in [0, 0.05) is 38.3 Å². The quantitative estimate of drug-likeness (QED) is 0.774. The lowest BCUT2D eigenvalue weighted by molar-refractivity contribution is -0.139. The third-order valence-corrected chi connectivity index (χ3v) is 5.85. The van der Waals surface area contributed by atoms with Crippen LogP contribution in [0.3, 0.4) is 0 Å². The number of ether oxygens (including phenoxy) is 2. The molecule has 0 aliphatic carbocycles. The third kappa shape index (κ3) is 4.14. The van der Waals surface area contributed by atoms with E-state index in [0.29, 0.717) is 44.2 Å². The number of benzene rings is 1. The minimum Gasteiger partial charge on any atom is -0.493 e. The number of piperazine rings is 1. The number of hydrogen-bond acceptors (Lipinski definition) is 6. The molecule has 1 saturated heterocycles. The highest BCUT2D eigenvalue weighted by Crippen LogP contribution is 2.33. The highest BCUT2D eigenvalue weighted by atomic mass is 16.5. The molecule has 4 rings (SSSR count). The molecule has 2 aromatic rings. The van der Waals surface area contributed by atoms with E-state index in [0.717, 1.165) is 23.1 Å². The fraction of sp³-hybridized carbons (Fsp3) is 0.455. The molecule has 1 unspecified atom stereocenters. The second-order valence-electron chi connectivity index (χ2n) is 7.65. The van der Waals surface area contributed by atoms with Crippen molar-refractivity contribution in [2.24, 2.45) is 0 Å². The van der Waals surface area contributed by atoms with Gasteiger partial charge in [0.2, 0.25) is 11.8 Å². The van der Waals surface area contributed by atoms with E-state index in [1.807, 2.05) is 28.0 Å². The van der Waals surface area contributed by atoms with Gasteiger partial charge < -0.3 is 24.1 Å². The molecule has 160 valence electrons. The Labute approximate surface area is 175 Å². The topological polar surface area (TPSA) is 84.2 Å². The number of carbonyl (C=O) groups excluding carboxylic acids is 2. The highest BCUT2D eigenvalue weighted by Gasteiger charge is 2.34. The van der Waals surface area contributed by atoms with Crippen molar-refractivity contribution >= 4 is 11.8 Å². The molecule has 2 amide bonds. The van der Waals surface area contributed by atoms with Gasteiger partial charge in [-0.15, -0.1) is 0 Å². The molecule has 0 spiro atoms. The Morgan fingerprint density at radius 1 is 1.20 bits per heavy atom. The van der Waals surface area contributed by atoms with Gasteiger partial charge in [0.15, 0.2) is 11.5 Å². The normalized spacial score (nSPS) is 19.2. The molecule has 0 saturated carbocycles. The van der Waals surface area contributed by atoms with Crippen molar-refractivity contribution in [2.45, 2.75) is 32.0 Å². The lowest BCUT2D eigenvalue weighted by atomic mass is 9.98. The summed E-state index contributed by atoms with van der Waals surface area (Å²) < 4.78 is 15.9. The number of nitrogens with one attached hydrogen (secondary N) is 1. The van der Waals surface area contributed by atoms with Crippen LogP contribution in [0.5, 0.6) is 11.5 Å². The number of methoxy groups -OCH3 is 2. The molecule has 1 aromatic heterocycles. The standard InChI is InChI=1S/C22H27N3O5/c1-28-19-9-16-3-6-25(13-17(16)10-20(19)29-2)21(26)11-18-22(27)23-5-7-24(18)12-15-4-8-30-14-15/h4,8-10,14,18H,3,5-7,11-13H2,1-2H3,(H,23,27). The zero-order chi connectivity index (χ0) is 21.1. The van der Waals surface area contributed by atoms with E-state index in [4.69, 9.17) is 13.9 Å². The number of carbonyl (C=O) groups is 2. The van der Waals surface area contributed by atoms with Crippen LogP contribution in [-0.4, -0.2) is 61.5 Å². The Balaban J connectivity index is 1.46. The summed E-state index contributed by atoms with van der Waals surface area (Å²) in [7, 11) is 3.22. The number of nitrogens with zero attached hydrogens (tertiary/aromatic N) is 2. The van der Waals surface area contributed by atoms with Crippen LogP contribution in [0.25, 0.3) is 0 Å². The SMILES string of the molecule is COc1cc2c(cc1OC)CN(C(=O)CC1C(=O)NCCN1Cc1ccoc1)CC2. The summed E-state index contributed by atoms with van der Waals surface area (Å²) in [6, 6.07) is 5.32. The van der Waals surface area contributed by atoms with E-state index in [9.17, 15) is 9.59 Å². The molecule has 8 nitrogen and oxygen atoms in total. The fourth-order valence-corrected chi connectivity index (χ4v) is 4.18. The Hall–Kier alpha value is -3.00. The number of hydrogen-bond donors (Lipinski definition) is 1. The van der Waals surface area contributed by atoms with Crippen molar-refractivity contribution in [1.29, 1.82) is 0 Å².